The molecule has 182 valence electrons. The van der Waals surface area contributed by atoms with Crippen molar-refractivity contribution in [1.29, 1.82) is 0 Å². The first-order chi connectivity index (χ1) is 13.0. The van der Waals surface area contributed by atoms with Gasteiger partial charge in [0.05, 0.1) is 0 Å². The predicted octanol–water partition coefficient (Wildman–Crippen LogP) is 6.86. The standard InChI is InChI=1S/C8H3BrCl7F7O7/c9-2(24-1-10)25-4(14,15)27-8(23,26-3(11,12)13)30-7(21,22)29-5(16,17)28-6(18,19)20/h2H,1H2. The maximum absolute atomic E-state index is 14.6. The average Bonchev–Trinajstić information content (AvgIpc) is 2.26. The number of ether oxygens (including phenoxy) is 7. The molecule has 0 radical (unpaired) electrons. The molecular weight excluding hydrogens is 669 g/mol. The third kappa shape index (κ3) is 15.6. The van der Waals surface area contributed by atoms with Gasteiger partial charge in [-0.25, -0.2) is 23.7 Å². The first kappa shape index (κ1) is 31.7. The van der Waals surface area contributed by atoms with Gasteiger partial charge in [-0.2, -0.15) is 8.78 Å². The summed E-state index contributed by atoms with van der Waals surface area (Å²) in [6.45, 7) is 0. The fraction of sp³-hybridized carbons (Fsp3) is 1.00. The van der Waals surface area contributed by atoms with Crippen molar-refractivity contribution in [2.24, 2.45) is 0 Å². The molecular formula is C8H3BrCl7F7O7. The van der Waals surface area contributed by atoms with Crippen LogP contribution in [0.3, 0.4) is 0 Å². The highest BCUT2D eigenvalue weighted by Gasteiger charge is 2.60. The molecule has 0 aliphatic heterocycles. The van der Waals surface area contributed by atoms with Crippen LogP contribution < -0.4 is 0 Å². The summed E-state index contributed by atoms with van der Waals surface area (Å²) >= 11 is 37.7. The molecule has 0 spiro atoms. The van der Waals surface area contributed by atoms with Crippen LogP contribution in [0.2, 0.25) is 0 Å². The second-order valence-electron chi connectivity index (χ2n) is 3.94. The molecule has 3 unspecified atom stereocenters. The van der Waals surface area contributed by atoms with Crippen molar-refractivity contribution in [2.45, 2.75) is 38.3 Å². The lowest BCUT2D eigenvalue weighted by atomic mass is 11.0. The zero-order valence-corrected chi connectivity index (χ0v) is 19.7. The number of alkyl halides is 15. The Labute approximate surface area is 204 Å². The summed E-state index contributed by atoms with van der Waals surface area (Å²) in [5.41, 5.74) is -5.16. The summed E-state index contributed by atoms with van der Waals surface area (Å²) in [5.74, 6) is 0. The van der Waals surface area contributed by atoms with E-state index in [9.17, 15) is 30.7 Å². The highest BCUT2D eigenvalue weighted by Crippen LogP contribution is 2.45. The van der Waals surface area contributed by atoms with E-state index >= 15 is 0 Å². The van der Waals surface area contributed by atoms with Gasteiger partial charge in [-0.3, -0.25) is 4.74 Å². The highest BCUT2D eigenvalue weighted by molar-refractivity contribution is 9.09. The lowest BCUT2D eigenvalue weighted by molar-refractivity contribution is -0.591. The lowest BCUT2D eigenvalue weighted by Crippen LogP contribution is -2.51. The minimum atomic E-state index is -5.94. The maximum Gasteiger partial charge on any atom is 0.527 e. The molecule has 0 bridgehead atoms. The van der Waals surface area contributed by atoms with Crippen LogP contribution in [0.15, 0.2) is 0 Å². The molecule has 0 saturated carbocycles. The van der Waals surface area contributed by atoms with E-state index in [0.29, 0.717) is 0 Å². The molecule has 0 saturated heterocycles. The highest BCUT2D eigenvalue weighted by atomic mass is 79.9. The van der Waals surface area contributed by atoms with Crippen LogP contribution in [0.1, 0.15) is 0 Å². The summed E-state index contributed by atoms with van der Waals surface area (Å²) in [6, 6.07) is -0.582. The van der Waals surface area contributed by atoms with Crippen molar-refractivity contribution >= 4 is 97.1 Å². The van der Waals surface area contributed by atoms with E-state index in [2.05, 4.69) is 60.7 Å². The SMILES string of the molecule is FC(F)(F)OC(F)(Cl)OC(F)(F)OC(F)(OC(Cl)(Cl)Cl)OC(Cl)(Cl)OC(Br)OCCl. The topological polar surface area (TPSA) is 64.6 Å². The minimum Gasteiger partial charge on any atom is -0.327 e. The summed E-state index contributed by atoms with van der Waals surface area (Å²) in [4.78, 5) is 0. The molecule has 0 aromatic heterocycles. The van der Waals surface area contributed by atoms with Crippen molar-refractivity contribution in [2.75, 3.05) is 6.07 Å². The Bertz CT molecular complexity index is 555. The minimum absolute atomic E-state index is 0.582. The zero-order chi connectivity index (χ0) is 24.2. The summed E-state index contributed by atoms with van der Waals surface area (Å²) in [5, 5.41) is -1.69. The molecule has 0 aromatic rings. The molecule has 7 nitrogen and oxygen atoms in total. The molecule has 0 aromatic carbocycles. The normalized spacial score (nSPS) is 19.3. The van der Waals surface area contributed by atoms with Crippen LogP contribution in [0.4, 0.5) is 30.7 Å². The Hall–Kier alpha value is 1.74. The Balaban J connectivity index is 5.59. The van der Waals surface area contributed by atoms with Gasteiger partial charge in [-0.1, -0.05) is 46.4 Å². The van der Waals surface area contributed by atoms with Crippen molar-refractivity contribution < 1.29 is 63.9 Å². The van der Waals surface area contributed by atoms with Crippen LogP contribution in [0.5, 0.6) is 0 Å². The van der Waals surface area contributed by atoms with E-state index in [1.54, 1.807) is 0 Å². The third-order valence-electron chi connectivity index (χ3n) is 1.62. The molecule has 30 heavy (non-hydrogen) atoms. The van der Waals surface area contributed by atoms with Gasteiger partial charge < -0.3 is 4.74 Å². The Kier molecular flexibility index (Phi) is 12.1. The lowest BCUT2D eigenvalue weighted by Gasteiger charge is -2.34. The van der Waals surface area contributed by atoms with Crippen LogP contribution in [-0.4, -0.2) is 44.3 Å². The van der Waals surface area contributed by atoms with Gasteiger partial charge in [0.25, 0.3) is 0 Å². The van der Waals surface area contributed by atoms with E-state index in [1.807, 2.05) is 0 Å². The molecule has 0 amide bonds. The van der Waals surface area contributed by atoms with Crippen molar-refractivity contribution in [3.05, 3.63) is 0 Å². The number of halogens is 15. The van der Waals surface area contributed by atoms with E-state index in [1.165, 1.54) is 0 Å². The Morgan fingerprint density at radius 3 is 1.63 bits per heavy atom. The average molecular weight is 672 g/mol. The quantitative estimate of drug-likeness (QED) is 0.128. The summed E-state index contributed by atoms with van der Waals surface area (Å²) < 4.78 is 109. The molecule has 0 heterocycles. The molecule has 0 fully saturated rings. The Morgan fingerprint density at radius 1 is 0.733 bits per heavy atom. The van der Waals surface area contributed by atoms with Gasteiger partial charge in [-0.15, -0.1) is 22.0 Å². The third-order valence-corrected chi connectivity index (χ3v) is 2.91. The van der Waals surface area contributed by atoms with Crippen molar-refractivity contribution in [3.63, 3.8) is 0 Å². The molecule has 0 aliphatic carbocycles. The summed E-state index contributed by atoms with van der Waals surface area (Å²) in [6.07, 6.45) is -16.7. The van der Waals surface area contributed by atoms with Gasteiger partial charge in [0.2, 0.25) is 5.20 Å². The van der Waals surface area contributed by atoms with Gasteiger partial charge >= 0.3 is 33.1 Å². The number of hydrogen-bond donors (Lipinski definition) is 0. The first-order valence-corrected chi connectivity index (χ1v) is 9.67. The van der Waals surface area contributed by atoms with Gasteiger partial charge in [0.15, 0.2) is 0 Å². The largest absolute Gasteiger partial charge is 0.527 e. The molecule has 0 rings (SSSR count). The molecule has 3 atom stereocenters. The monoisotopic (exact) mass is 668 g/mol. The molecule has 0 aliphatic rings. The van der Waals surface area contributed by atoms with E-state index < -0.39 is 44.3 Å². The second-order valence-corrected chi connectivity index (χ2v) is 8.72. The first-order valence-electron chi connectivity index (χ1n) is 5.95. The smallest absolute Gasteiger partial charge is 0.327 e. The van der Waals surface area contributed by atoms with Crippen molar-refractivity contribution in [1.82, 2.24) is 0 Å². The van der Waals surface area contributed by atoms with Gasteiger partial charge in [-0.05, 0) is 50.7 Å². The van der Waals surface area contributed by atoms with Crippen LogP contribution >= 0.6 is 97.1 Å². The zero-order valence-electron chi connectivity index (χ0n) is 12.8. The molecule has 22 heteroatoms. The van der Waals surface area contributed by atoms with Crippen LogP contribution in [0, 0.1) is 0 Å². The second kappa shape index (κ2) is 11.4. The number of hydrogen-bond acceptors (Lipinski definition) is 7. The van der Waals surface area contributed by atoms with Gasteiger partial charge in [0.1, 0.15) is 6.07 Å². The fourth-order valence-electron chi connectivity index (χ4n) is 1.01. The van der Waals surface area contributed by atoms with E-state index in [4.69, 9.17) is 69.6 Å². The van der Waals surface area contributed by atoms with Crippen LogP contribution in [0.25, 0.3) is 0 Å². The van der Waals surface area contributed by atoms with Crippen LogP contribution in [-0.2, 0) is 33.2 Å². The summed E-state index contributed by atoms with van der Waals surface area (Å²) in [7, 11) is 0. The van der Waals surface area contributed by atoms with E-state index in [0.717, 1.165) is 0 Å². The number of rotatable bonds is 12. The predicted molar refractivity (Wildman–Crippen MR) is 90.3 cm³/mol. The van der Waals surface area contributed by atoms with E-state index in [-0.39, 0.29) is 0 Å². The van der Waals surface area contributed by atoms with Crippen molar-refractivity contribution in [3.8, 4) is 0 Å². The Morgan fingerprint density at radius 2 is 1.23 bits per heavy atom. The maximum atomic E-state index is 14.6. The molecule has 0 N–H and O–H groups in total. The fourth-order valence-corrected chi connectivity index (χ4v) is 2.69. The van der Waals surface area contributed by atoms with Gasteiger partial charge in [0, 0.05) is 0 Å².